The Hall–Kier alpha value is -1.87. The van der Waals surface area contributed by atoms with Crippen molar-refractivity contribution in [3.8, 4) is 0 Å². The number of carbonyl (C=O) groups excluding carboxylic acids is 1. The average molecular weight is 345 g/mol. The number of nitrogens with zero attached hydrogens (tertiary/aromatic N) is 2. The molecule has 1 amide bonds. The van der Waals surface area contributed by atoms with Gasteiger partial charge in [-0.3, -0.25) is 4.79 Å². The van der Waals surface area contributed by atoms with Crippen molar-refractivity contribution in [2.24, 2.45) is 5.92 Å². The number of carbonyl (C=O) groups is 1. The lowest BCUT2D eigenvalue weighted by molar-refractivity contribution is -0.691. The maximum absolute atomic E-state index is 12.5. The molecule has 128 valence electrons. The molecule has 2 aromatic rings. The Morgan fingerprint density at radius 1 is 1.08 bits per heavy atom. The number of pyridine rings is 1. The van der Waals surface area contributed by atoms with Gasteiger partial charge < -0.3 is 17.3 Å². The molecule has 0 spiro atoms. The van der Waals surface area contributed by atoms with E-state index in [0.29, 0.717) is 12.5 Å². The highest BCUT2D eigenvalue weighted by atomic mass is 35.5. The fourth-order valence-electron chi connectivity index (χ4n) is 3.32. The Balaban J connectivity index is 0.00000208. The van der Waals surface area contributed by atoms with E-state index in [0.717, 1.165) is 38.0 Å². The molecule has 1 aromatic carbocycles. The van der Waals surface area contributed by atoms with Gasteiger partial charge in [0.2, 0.25) is 6.54 Å². The van der Waals surface area contributed by atoms with Crippen molar-refractivity contribution in [3.05, 3.63) is 66.0 Å². The van der Waals surface area contributed by atoms with Crippen LogP contribution in [-0.2, 0) is 17.8 Å². The third kappa shape index (κ3) is 4.81. The Kier molecular flexibility index (Phi) is 6.80. The van der Waals surface area contributed by atoms with Crippen LogP contribution in [0.15, 0.2) is 54.7 Å². The van der Waals surface area contributed by atoms with Crippen LogP contribution in [0.4, 0.5) is 0 Å². The van der Waals surface area contributed by atoms with E-state index in [1.54, 1.807) is 0 Å². The predicted octanol–water partition coefficient (Wildman–Crippen LogP) is -0.232. The van der Waals surface area contributed by atoms with Gasteiger partial charge in [-0.2, -0.15) is 4.57 Å². The van der Waals surface area contributed by atoms with Gasteiger partial charge in [0, 0.05) is 32.1 Å². The van der Waals surface area contributed by atoms with Crippen molar-refractivity contribution in [3.63, 3.8) is 0 Å². The van der Waals surface area contributed by atoms with Gasteiger partial charge in [0.15, 0.2) is 11.9 Å². The van der Waals surface area contributed by atoms with Crippen LogP contribution in [0, 0.1) is 12.8 Å². The number of amides is 1. The molecule has 3 rings (SSSR count). The van der Waals surface area contributed by atoms with Crippen LogP contribution >= 0.6 is 0 Å². The lowest BCUT2D eigenvalue weighted by Crippen LogP contribution is -3.00. The third-order valence-electron chi connectivity index (χ3n) is 4.81. The summed E-state index contributed by atoms with van der Waals surface area (Å²) in [4.78, 5) is 14.5. The van der Waals surface area contributed by atoms with Crippen molar-refractivity contribution in [2.75, 3.05) is 13.1 Å². The van der Waals surface area contributed by atoms with Gasteiger partial charge in [0.05, 0.1) is 0 Å². The molecule has 0 unspecified atom stereocenters. The van der Waals surface area contributed by atoms with Gasteiger partial charge in [-0.15, -0.1) is 0 Å². The molecule has 0 radical (unpaired) electrons. The number of piperidine rings is 1. The van der Waals surface area contributed by atoms with Gasteiger partial charge in [-0.05, 0) is 30.7 Å². The summed E-state index contributed by atoms with van der Waals surface area (Å²) >= 11 is 0. The highest BCUT2D eigenvalue weighted by Crippen LogP contribution is 2.21. The summed E-state index contributed by atoms with van der Waals surface area (Å²) in [7, 11) is 0. The highest BCUT2D eigenvalue weighted by molar-refractivity contribution is 5.74. The van der Waals surface area contributed by atoms with Gasteiger partial charge >= 0.3 is 0 Å². The number of hydrogen-bond acceptors (Lipinski definition) is 1. The summed E-state index contributed by atoms with van der Waals surface area (Å²) < 4.78 is 2.03. The standard InChI is InChI=1S/C20H25N2O.ClH/c1-17-7-5-6-12-22(17)16-20(23)21-13-10-19(11-14-21)15-18-8-3-2-4-9-18;/h2-9,12,19H,10-11,13-16H2,1H3;1H/q+1;/p-1. The van der Waals surface area contributed by atoms with Gasteiger partial charge in [0.25, 0.3) is 5.91 Å². The van der Waals surface area contributed by atoms with Crippen molar-refractivity contribution < 1.29 is 21.8 Å². The molecule has 0 N–H and O–H groups in total. The number of benzene rings is 1. The summed E-state index contributed by atoms with van der Waals surface area (Å²) in [6, 6.07) is 16.7. The summed E-state index contributed by atoms with van der Waals surface area (Å²) in [5.41, 5.74) is 2.53. The molecule has 3 nitrogen and oxygen atoms in total. The van der Waals surface area contributed by atoms with Crippen molar-refractivity contribution in [1.29, 1.82) is 0 Å². The molecule has 1 fully saturated rings. The fraction of sp³-hybridized carbons (Fsp3) is 0.400. The zero-order valence-electron chi connectivity index (χ0n) is 14.2. The Morgan fingerprint density at radius 2 is 1.75 bits per heavy atom. The largest absolute Gasteiger partial charge is 1.00 e. The van der Waals surface area contributed by atoms with E-state index in [1.807, 2.05) is 40.8 Å². The molecule has 0 bridgehead atoms. The fourth-order valence-corrected chi connectivity index (χ4v) is 3.32. The molecule has 1 aliphatic heterocycles. The van der Waals surface area contributed by atoms with Gasteiger partial charge in [0.1, 0.15) is 0 Å². The van der Waals surface area contributed by atoms with Gasteiger partial charge in [-0.25, -0.2) is 0 Å². The molecule has 1 aromatic heterocycles. The maximum Gasteiger partial charge on any atom is 0.288 e. The SMILES string of the molecule is Cc1cccc[n+]1CC(=O)N1CCC(Cc2ccccc2)CC1.[Cl-]. The quantitative estimate of drug-likeness (QED) is 0.703. The van der Waals surface area contributed by atoms with Crippen LogP contribution in [-0.4, -0.2) is 23.9 Å². The van der Waals surface area contributed by atoms with E-state index in [4.69, 9.17) is 0 Å². The monoisotopic (exact) mass is 344 g/mol. The van der Waals surface area contributed by atoms with Crippen LogP contribution in [0.25, 0.3) is 0 Å². The number of aryl methyl sites for hydroxylation is 1. The van der Waals surface area contributed by atoms with E-state index < -0.39 is 0 Å². The summed E-state index contributed by atoms with van der Waals surface area (Å²) in [6.45, 7) is 4.28. The first kappa shape index (κ1) is 18.5. The maximum atomic E-state index is 12.5. The van der Waals surface area contributed by atoms with Crippen LogP contribution in [0.3, 0.4) is 0 Å². The van der Waals surface area contributed by atoms with E-state index >= 15 is 0 Å². The first-order valence-electron chi connectivity index (χ1n) is 8.49. The third-order valence-corrected chi connectivity index (χ3v) is 4.81. The number of likely N-dealkylation sites (tertiary alicyclic amines) is 1. The summed E-state index contributed by atoms with van der Waals surface area (Å²) in [6.07, 6.45) is 5.34. The van der Waals surface area contributed by atoms with Crippen molar-refractivity contribution in [2.45, 2.75) is 32.7 Å². The van der Waals surface area contributed by atoms with E-state index in [-0.39, 0.29) is 18.3 Å². The van der Waals surface area contributed by atoms with E-state index in [1.165, 1.54) is 5.56 Å². The Labute approximate surface area is 150 Å². The molecule has 0 atom stereocenters. The topological polar surface area (TPSA) is 24.2 Å². The van der Waals surface area contributed by atoms with Crippen LogP contribution in [0.1, 0.15) is 24.1 Å². The Bertz CT molecular complexity index is 652. The Morgan fingerprint density at radius 3 is 2.42 bits per heavy atom. The second-order valence-electron chi connectivity index (χ2n) is 6.48. The zero-order valence-corrected chi connectivity index (χ0v) is 15.0. The molecular formula is C20H25ClN2O. The molecule has 2 heterocycles. The summed E-state index contributed by atoms with van der Waals surface area (Å²) in [5, 5.41) is 0. The van der Waals surface area contributed by atoms with Crippen LogP contribution in [0.2, 0.25) is 0 Å². The van der Waals surface area contributed by atoms with Crippen molar-refractivity contribution in [1.82, 2.24) is 4.90 Å². The molecule has 0 saturated carbocycles. The molecule has 0 aliphatic carbocycles. The van der Waals surface area contributed by atoms with E-state index in [2.05, 4.69) is 30.3 Å². The first-order valence-corrected chi connectivity index (χ1v) is 8.49. The average Bonchev–Trinajstić information content (AvgIpc) is 2.58. The van der Waals surface area contributed by atoms with Crippen LogP contribution in [0.5, 0.6) is 0 Å². The number of halogens is 1. The molecule has 1 saturated heterocycles. The molecular weight excluding hydrogens is 320 g/mol. The van der Waals surface area contributed by atoms with Crippen LogP contribution < -0.4 is 17.0 Å². The highest BCUT2D eigenvalue weighted by Gasteiger charge is 2.25. The number of aromatic nitrogens is 1. The summed E-state index contributed by atoms with van der Waals surface area (Å²) in [5.74, 6) is 0.940. The molecule has 24 heavy (non-hydrogen) atoms. The van der Waals surface area contributed by atoms with Gasteiger partial charge in [-0.1, -0.05) is 36.4 Å². The minimum absolute atomic E-state index is 0. The first-order chi connectivity index (χ1) is 11.2. The zero-order chi connectivity index (χ0) is 16.1. The molecule has 1 aliphatic rings. The predicted molar refractivity (Wildman–Crippen MR) is 90.8 cm³/mol. The van der Waals surface area contributed by atoms with E-state index in [9.17, 15) is 4.79 Å². The lowest BCUT2D eigenvalue weighted by atomic mass is 9.90. The number of rotatable bonds is 4. The number of hydrogen-bond donors (Lipinski definition) is 0. The smallest absolute Gasteiger partial charge is 0.288 e. The minimum atomic E-state index is 0. The molecule has 4 heteroatoms. The lowest BCUT2D eigenvalue weighted by Gasteiger charge is -2.31. The minimum Gasteiger partial charge on any atom is -1.00 e. The second kappa shape index (κ2) is 8.84. The normalized spacial score (nSPS) is 15.0. The second-order valence-corrected chi connectivity index (χ2v) is 6.48. The van der Waals surface area contributed by atoms with Crippen molar-refractivity contribution >= 4 is 5.91 Å².